The minimum atomic E-state index is -2.11. The second-order valence-corrected chi connectivity index (χ2v) is 26.6. The van der Waals surface area contributed by atoms with E-state index in [1.807, 2.05) is 18.2 Å². The van der Waals surface area contributed by atoms with Crippen molar-refractivity contribution >= 4 is 32.3 Å². The van der Waals surface area contributed by atoms with E-state index in [0.29, 0.717) is 45.3 Å². The summed E-state index contributed by atoms with van der Waals surface area (Å²) in [4.78, 5) is 0. The van der Waals surface area contributed by atoms with Crippen molar-refractivity contribution in [3.8, 4) is 6.07 Å². The normalized spacial score (nSPS) is 28.6. The molecule has 1 aromatic carbocycles. The van der Waals surface area contributed by atoms with Crippen LogP contribution in [0.15, 0.2) is 28.7 Å². The van der Waals surface area contributed by atoms with Crippen molar-refractivity contribution in [2.45, 2.75) is 146 Å². The number of ether oxygens (including phenoxy) is 5. The summed E-state index contributed by atoms with van der Waals surface area (Å²) < 4.78 is 40.1. The molecule has 1 spiro atoms. The Hall–Kier alpha value is -0.616. The maximum absolute atomic E-state index is 9.66. The molecule has 3 rings (SSSR count). The molecule has 0 aliphatic carbocycles. The maximum Gasteiger partial charge on any atom is 0.192 e. The highest BCUT2D eigenvalue weighted by Gasteiger charge is 2.55. The number of benzene rings is 1. The van der Waals surface area contributed by atoms with Gasteiger partial charge >= 0.3 is 0 Å². The summed E-state index contributed by atoms with van der Waals surface area (Å²) in [7, 11) is -3.28. The zero-order valence-electron chi connectivity index (χ0n) is 28.1. The van der Waals surface area contributed by atoms with Crippen LogP contribution in [0.3, 0.4) is 0 Å². The summed E-state index contributed by atoms with van der Waals surface area (Å²) in [5.74, 6) is -0.898. The van der Waals surface area contributed by atoms with Crippen LogP contribution in [-0.4, -0.2) is 66.1 Å². The average molecular weight is 699 g/mol. The molecule has 244 valence electrons. The van der Waals surface area contributed by atoms with Crippen molar-refractivity contribution in [3.05, 3.63) is 34.3 Å². The van der Waals surface area contributed by atoms with Crippen molar-refractivity contribution in [2.75, 3.05) is 20.0 Å². The van der Waals surface area contributed by atoms with Crippen LogP contribution in [-0.2, 0) is 34.7 Å². The fraction of sp³-hybridized carbons (Fsp3) is 0.788. The maximum atomic E-state index is 9.66. The Morgan fingerprint density at radius 1 is 1.02 bits per heavy atom. The minimum absolute atomic E-state index is 0.0617. The van der Waals surface area contributed by atoms with Gasteiger partial charge in [-0.1, -0.05) is 74.5 Å². The standard InChI is InChI=1S/C33H56BrNO6Si2/c1-31(2,3)43(8,9)41-32(4)21-28(14-16-35)40-33(24-32)22-29(38-25-37-18-19-42(5,6)7)20-27(39-33)15-17-36-23-26-12-10-11-13-30(26)34/h10-13,27-29H,14-15,17-25H2,1-9H3/t27-,28-,29-,32-,33+/m0/s1. The van der Waals surface area contributed by atoms with Crippen molar-refractivity contribution in [3.63, 3.8) is 0 Å². The quantitative estimate of drug-likeness (QED) is 0.109. The van der Waals surface area contributed by atoms with Crippen LogP contribution in [0.1, 0.15) is 71.8 Å². The molecule has 43 heavy (non-hydrogen) atoms. The molecule has 0 radical (unpaired) electrons. The summed E-state index contributed by atoms with van der Waals surface area (Å²) >= 11 is 3.61. The molecule has 0 unspecified atom stereocenters. The number of hydrogen-bond donors (Lipinski definition) is 0. The third-order valence-electron chi connectivity index (χ3n) is 8.94. The number of halogens is 1. The van der Waals surface area contributed by atoms with Crippen LogP contribution in [0.25, 0.3) is 0 Å². The molecule has 0 N–H and O–H groups in total. The molecular weight excluding hydrogens is 642 g/mol. The Labute approximate surface area is 271 Å². The van der Waals surface area contributed by atoms with Gasteiger partial charge in [-0.2, -0.15) is 5.26 Å². The highest BCUT2D eigenvalue weighted by molar-refractivity contribution is 9.10. The van der Waals surface area contributed by atoms with E-state index in [2.05, 4.69) is 88.5 Å². The van der Waals surface area contributed by atoms with Crippen LogP contribution in [0.4, 0.5) is 0 Å². The van der Waals surface area contributed by atoms with Crippen molar-refractivity contribution in [2.24, 2.45) is 0 Å². The zero-order chi connectivity index (χ0) is 31.9. The molecule has 2 aliphatic rings. The Kier molecular flexibility index (Phi) is 13.1. The van der Waals surface area contributed by atoms with Crippen LogP contribution >= 0.6 is 15.9 Å². The lowest BCUT2D eigenvalue weighted by atomic mass is 9.81. The summed E-state index contributed by atoms with van der Waals surface area (Å²) in [6, 6.07) is 11.6. The Balaban J connectivity index is 1.75. The van der Waals surface area contributed by atoms with Gasteiger partial charge in [-0.15, -0.1) is 0 Å². The van der Waals surface area contributed by atoms with Crippen molar-refractivity contribution in [1.82, 2.24) is 0 Å². The highest BCUT2D eigenvalue weighted by atomic mass is 79.9. The Morgan fingerprint density at radius 2 is 1.72 bits per heavy atom. The SMILES string of the molecule is CC(C)(C)[Si](C)(C)O[C@@]1(C)C[C@H](CC#N)O[C@]2(C[C@@H](OCOCC[Si](C)(C)C)C[C@H](CCOCc3ccccc3Br)O2)C1. The largest absolute Gasteiger partial charge is 0.411 e. The van der Waals surface area contributed by atoms with Gasteiger partial charge in [0, 0.05) is 51.4 Å². The third kappa shape index (κ3) is 11.6. The van der Waals surface area contributed by atoms with Crippen LogP contribution in [0, 0.1) is 11.3 Å². The molecule has 2 saturated heterocycles. The summed E-state index contributed by atoms with van der Waals surface area (Å²) in [5.41, 5.74) is 0.646. The summed E-state index contributed by atoms with van der Waals surface area (Å²) in [6.45, 7) is 22.7. The van der Waals surface area contributed by atoms with Crippen molar-refractivity contribution < 1.29 is 28.1 Å². The molecule has 1 aromatic rings. The molecule has 5 atom stereocenters. The van der Waals surface area contributed by atoms with Gasteiger partial charge in [0.25, 0.3) is 0 Å². The molecular formula is C33H56BrNO6Si2. The van der Waals surface area contributed by atoms with Gasteiger partial charge < -0.3 is 28.1 Å². The van der Waals surface area contributed by atoms with Crippen molar-refractivity contribution in [1.29, 1.82) is 5.26 Å². The van der Waals surface area contributed by atoms with E-state index in [-0.39, 0.29) is 30.1 Å². The lowest BCUT2D eigenvalue weighted by molar-refractivity contribution is -0.352. The minimum Gasteiger partial charge on any atom is -0.411 e. The van der Waals surface area contributed by atoms with E-state index < -0.39 is 27.8 Å². The first-order valence-corrected chi connectivity index (χ1v) is 23.3. The molecule has 0 amide bonds. The first-order valence-electron chi connectivity index (χ1n) is 15.9. The molecule has 0 aromatic heterocycles. The first-order chi connectivity index (χ1) is 19.9. The molecule has 0 saturated carbocycles. The van der Waals surface area contributed by atoms with E-state index in [1.54, 1.807) is 0 Å². The van der Waals surface area contributed by atoms with Gasteiger partial charge in [0.05, 0.1) is 43.0 Å². The summed E-state index contributed by atoms with van der Waals surface area (Å²) in [5, 5.41) is 9.72. The van der Waals surface area contributed by atoms with Crippen LogP contribution in [0.5, 0.6) is 0 Å². The van der Waals surface area contributed by atoms with Gasteiger partial charge in [0.2, 0.25) is 0 Å². The van der Waals surface area contributed by atoms with Gasteiger partial charge in [-0.05, 0) is 49.2 Å². The van der Waals surface area contributed by atoms with E-state index in [9.17, 15) is 5.26 Å². The number of nitriles is 1. The van der Waals surface area contributed by atoms with Crippen LogP contribution in [0.2, 0.25) is 43.8 Å². The third-order valence-corrected chi connectivity index (χ3v) is 16.0. The van der Waals surface area contributed by atoms with Gasteiger partial charge in [-0.25, -0.2) is 0 Å². The van der Waals surface area contributed by atoms with Gasteiger partial charge in [-0.3, -0.25) is 0 Å². The van der Waals surface area contributed by atoms with E-state index in [1.165, 1.54) is 0 Å². The first kappa shape index (κ1) is 36.8. The molecule has 10 heteroatoms. The monoisotopic (exact) mass is 697 g/mol. The molecule has 2 fully saturated rings. The fourth-order valence-electron chi connectivity index (χ4n) is 5.78. The topological polar surface area (TPSA) is 79.2 Å². The summed E-state index contributed by atoms with van der Waals surface area (Å²) in [6.07, 6.45) is 3.13. The Bertz CT molecular complexity index is 1070. The van der Waals surface area contributed by atoms with Gasteiger partial charge in [0.15, 0.2) is 14.1 Å². The lowest BCUT2D eigenvalue weighted by Crippen LogP contribution is -2.61. The Morgan fingerprint density at radius 3 is 2.37 bits per heavy atom. The molecule has 2 heterocycles. The number of hydrogen-bond acceptors (Lipinski definition) is 7. The predicted molar refractivity (Wildman–Crippen MR) is 180 cm³/mol. The second-order valence-electron chi connectivity index (χ2n) is 15.4. The van der Waals surface area contributed by atoms with E-state index in [4.69, 9.17) is 28.1 Å². The average Bonchev–Trinajstić information content (AvgIpc) is 2.85. The number of rotatable bonds is 14. The fourth-order valence-corrected chi connectivity index (χ4v) is 8.63. The molecule has 7 nitrogen and oxygen atoms in total. The smallest absolute Gasteiger partial charge is 0.192 e. The lowest BCUT2D eigenvalue weighted by Gasteiger charge is -2.55. The highest BCUT2D eigenvalue weighted by Crippen LogP contribution is 2.49. The zero-order valence-corrected chi connectivity index (χ0v) is 31.7. The number of nitrogens with zero attached hydrogens (tertiary/aromatic N) is 1. The molecule has 0 bridgehead atoms. The van der Waals surface area contributed by atoms with Crippen LogP contribution < -0.4 is 0 Å². The van der Waals surface area contributed by atoms with E-state index >= 15 is 0 Å². The molecule has 2 aliphatic heterocycles. The van der Waals surface area contributed by atoms with E-state index in [0.717, 1.165) is 29.1 Å². The van der Waals surface area contributed by atoms with Gasteiger partial charge in [0.1, 0.15) is 6.79 Å². The second kappa shape index (κ2) is 15.3. The predicted octanol–water partition coefficient (Wildman–Crippen LogP) is 8.80.